The standard InChI is InChI=1S/C22H31N5O6/c1-3-12(2)19(21(31)26-17(11-28)22(32)33)27-18(29)10-25-20(30)15(23)8-13-9-24-16-7-5-4-6-14(13)16/h4-7,9,12,15,17,19,24,28H,3,8,10-11,23H2,1-2H3,(H,25,30)(H,26,31)(H,27,29)(H,32,33). The van der Waals surface area contributed by atoms with Gasteiger partial charge >= 0.3 is 5.97 Å². The highest BCUT2D eigenvalue weighted by Crippen LogP contribution is 2.18. The van der Waals surface area contributed by atoms with E-state index in [0.717, 1.165) is 16.5 Å². The molecule has 0 radical (unpaired) electrons. The molecule has 0 saturated carbocycles. The number of nitrogens with two attached hydrogens (primary N) is 1. The maximum atomic E-state index is 12.5. The summed E-state index contributed by atoms with van der Waals surface area (Å²) in [5, 5.41) is 26.2. The Hall–Kier alpha value is -3.44. The second-order valence-electron chi connectivity index (χ2n) is 7.90. The largest absolute Gasteiger partial charge is 0.480 e. The third-order valence-corrected chi connectivity index (χ3v) is 5.48. The molecule has 0 bridgehead atoms. The summed E-state index contributed by atoms with van der Waals surface area (Å²) in [4.78, 5) is 51.4. The van der Waals surface area contributed by atoms with Gasteiger partial charge in [-0.2, -0.15) is 0 Å². The van der Waals surface area contributed by atoms with Crippen molar-refractivity contribution in [3.8, 4) is 0 Å². The minimum atomic E-state index is -1.48. The lowest BCUT2D eigenvalue weighted by Crippen LogP contribution is -2.56. The number of carboxylic acids is 1. The molecule has 2 rings (SSSR count). The van der Waals surface area contributed by atoms with Crippen LogP contribution in [0.3, 0.4) is 0 Å². The number of carbonyl (C=O) groups excluding carboxylic acids is 3. The topological polar surface area (TPSA) is 187 Å². The van der Waals surface area contributed by atoms with Gasteiger partial charge in [0.2, 0.25) is 17.7 Å². The molecule has 0 saturated heterocycles. The lowest BCUT2D eigenvalue weighted by atomic mass is 9.98. The number of aliphatic hydroxyl groups is 1. The van der Waals surface area contributed by atoms with Crippen molar-refractivity contribution in [2.75, 3.05) is 13.2 Å². The Bertz CT molecular complexity index is 991. The first kappa shape index (κ1) is 25.8. The molecule has 3 amide bonds. The zero-order valence-corrected chi connectivity index (χ0v) is 18.6. The molecule has 2 aromatic rings. The van der Waals surface area contributed by atoms with Crippen molar-refractivity contribution in [1.82, 2.24) is 20.9 Å². The smallest absolute Gasteiger partial charge is 0.328 e. The summed E-state index contributed by atoms with van der Waals surface area (Å²) >= 11 is 0. The molecule has 4 atom stereocenters. The molecule has 11 heteroatoms. The van der Waals surface area contributed by atoms with E-state index in [0.29, 0.717) is 6.42 Å². The van der Waals surface area contributed by atoms with Crippen LogP contribution in [0.25, 0.3) is 10.9 Å². The van der Waals surface area contributed by atoms with Crippen LogP contribution in [0.1, 0.15) is 25.8 Å². The number of rotatable bonds is 12. The van der Waals surface area contributed by atoms with E-state index >= 15 is 0 Å². The predicted molar refractivity (Wildman–Crippen MR) is 121 cm³/mol. The van der Waals surface area contributed by atoms with Gasteiger partial charge in [-0.3, -0.25) is 14.4 Å². The van der Waals surface area contributed by atoms with Crippen molar-refractivity contribution in [2.24, 2.45) is 11.7 Å². The van der Waals surface area contributed by atoms with Crippen molar-refractivity contribution in [2.45, 2.75) is 44.8 Å². The molecular weight excluding hydrogens is 430 g/mol. The van der Waals surface area contributed by atoms with Crippen LogP contribution in [0.2, 0.25) is 0 Å². The van der Waals surface area contributed by atoms with E-state index in [9.17, 15) is 19.2 Å². The maximum absolute atomic E-state index is 12.5. The molecule has 0 aliphatic carbocycles. The average molecular weight is 462 g/mol. The predicted octanol–water partition coefficient (Wildman–Crippen LogP) is -0.753. The van der Waals surface area contributed by atoms with Gasteiger partial charge < -0.3 is 36.9 Å². The van der Waals surface area contributed by atoms with Gasteiger partial charge in [0.25, 0.3) is 0 Å². The summed E-state index contributed by atoms with van der Waals surface area (Å²) < 4.78 is 0. The molecule has 0 aliphatic heterocycles. The number of para-hydroxylation sites is 1. The van der Waals surface area contributed by atoms with E-state index in [1.165, 1.54) is 0 Å². The number of carbonyl (C=O) groups is 4. The molecule has 1 heterocycles. The highest BCUT2D eigenvalue weighted by molar-refractivity contribution is 5.93. The molecule has 1 aromatic heterocycles. The lowest BCUT2D eigenvalue weighted by molar-refractivity contribution is -0.143. The first-order valence-corrected chi connectivity index (χ1v) is 10.7. The van der Waals surface area contributed by atoms with Gasteiger partial charge in [0.1, 0.15) is 12.1 Å². The second kappa shape index (κ2) is 12.0. The Kier molecular flexibility index (Phi) is 9.37. The minimum Gasteiger partial charge on any atom is -0.480 e. The molecule has 0 fully saturated rings. The molecule has 11 nitrogen and oxygen atoms in total. The van der Waals surface area contributed by atoms with Crippen LogP contribution >= 0.6 is 0 Å². The monoisotopic (exact) mass is 461 g/mol. The second-order valence-corrected chi connectivity index (χ2v) is 7.90. The van der Waals surface area contributed by atoms with Crippen molar-refractivity contribution >= 4 is 34.6 Å². The summed E-state index contributed by atoms with van der Waals surface area (Å²) in [5.74, 6) is -3.59. The van der Waals surface area contributed by atoms with Gasteiger partial charge in [-0.05, 0) is 24.0 Å². The van der Waals surface area contributed by atoms with Crippen molar-refractivity contribution in [3.05, 3.63) is 36.0 Å². The maximum Gasteiger partial charge on any atom is 0.328 e. The highest BCUT2D eigenvalue weighted by atomic mass is 16.4. The zero-order chi connectivity index (χ0) is 24.5. The van der Waals surface area contributed by atoms with Crippen LogP contribution in [0, 0.1) is 5.92 Å². The zero-order valence-electron chi connectivity index (χ0n) is 18.6. The molecule has 0 aliphatic rings. The molecule has 8 N–H and O–H groups in total. The fourth-order valence-electron chi connectivity index (χ4n) is 3.30. The van der Waals surface area contributed by atoms with Crippen LogP contribution in [0.5, 0.6) is 0 Å². The quantitative estimate of drug-likeness (QED) is 0.216. The van der Waals surface area contributed by atoms with Crippen molar-refractivity contribution in [1.29, 1.82) is 0 Å². The van der Waals surface area contributed by atoms with Gasteiger partial charge in [0.05, 0.1) is 19.2 Å². The number of fused-ring (bicyclic) bond motifs is 1. The van der Waals surface area contributed by atoms with Gasteiger partial charge in [0.15, 0.2) is 0 Å². The molecule has 1 aromatic carbocycles. The van der Waals surface area contributed by atoms with Crippen molar-refractivity contribution < 1.29 is 29.4 Å². The third-order valence-electron chi connectivity index (χ3n) is 5.48. The Morgan fingerprint density at radius 3 is 2.45 bits per heavy atom. The normalized spacial score (nSPS) is 14.7. The van der Waals surface area contributed by atoms with Crippen LogP contribution in [0.15, 0.2) is 30.5 Å². The number of amides is 3. The first-order chi connectivity index (χ1) is 15.7. The summed E-state index contributed by atoms with van der Waals surface area (Å²) in [6, 6.07) is 4.22. The summed E-state index contributed by atoms with van der Waals surface area (Å²) in [5.41, 5.74) is 7.81. The molecule has 180 valence electrons. The number of aromatic nitrogens is 1. The van der Waals surface area contributed by atoms with Crippen LogP contribution < -0.4 is 21.7 Å². The lowest BCUT2D eigenvalue weighted by Gasteiger charge is -2.25. The summed E-state index contributed by atoms with van der Waals surface area (Å²) in [6.45, 7) is 2.34. The summed E-state index contributed by atoms with van der Waals surface area (Å²) in [6.07, 6.45) is 2.58. The van der Waals surface area contributed by atoms with E-state index in [1.807, 2.05) is 31.2 Å². The fourth-order valence-corrected chi connectivity index (χ4v) is 3.30. The molecule has 4 unspecified atom stereocenters. The fraction of sp³-hybridized carbons (Fsp3) is 0.455. The number of hydrogen-bond acceptors (Lipinski definition) is 6. The average Bonchev–Trinajstić information content (AvgIpc) is 3.21. The van der Waals surface area contributed by atoms with Gasteiger partial charge in [-0.15, -0.1) is 0 Å². The van der Waals surface area contributed by atoms with Crippen LogP contribution in [-0.2, 0) is 25.6 Å². The Labute approximate surface area is 191 Å². The molecule has 0 spiro atoms. The van der Waals surface area contributed by atoms with Crippen LogP contribution in [-0.4, -0.2) is 70.2 Å². The molecule has 33 heavy (non-hydrogen) atoms. The Morgan fingerprint density at radius 1 is 1.12 bits per heavy atom. The van der Waals surface area contributed by atoms with E-state index in [-0.39, 0.29) is 12.3 Å². The van der Waals surface area contributed by atoms with Crippen molar-refractivity contribution in [3.63, 3.8) is 0 Å². The van der Waals surface area contributed by atoms with Gasteiger partial charge in [0, 0.05) is 17.1 Å². The van der Waals surface area contributed by atoms with E-state index < -0.39 is 55.0 Å². The highest BCUT2D eigenvalue weighted by Gasteiger charge is 2.29. The number of benzene rings is 1. The van der Waals surface area contributed by atoms with Gasteiger partial charge in [-0.25, -0.2) is 4.79 Å². The van der Waals surface area contributed by atoms with E-state index in [2.05, 4.69) is 20.9 Å². The first-order valence-electron chi connectivity index (χ1n) is 10.7. The van der Waals surface area contributed by atoms with E-state index in [4.69, 9.17) is 15.9 Å². The number of nitrogens with one attached hydrogen (secondary N) is 4. The Morgan fingerprint density at radius 2 is 1.82 bits per heavy atom. The number of carboxylic acid groups (broad SMARTS) is 1. The van der Waals surface area contributed by atoms with Gasteiger partial charge in [-0.1, -0.05) is 38.5 Å². The van der Waals surface area contributed by atoms with E-state index in [1.54, 1.807) is 13.1 Å². The SMILES string of the molecule is CCC(C)C(NC(=O)CNC(=O)C(N)Cc1c[nH]c2ccccc12)C(=O)NC(CO)C(=O)O. The third kappa shape index (κ3) is 7.02. The number of H-pyrrole nitrogens is 1. The molecular formula is C22H31N5O6. The number of aliphatic hydroxyl groups excluding tert-OH is 1. The number of aromatic amines is 1. The number of aliphatic carboxylic acids is 1. The number of hydrogen-bond donors (Lipinski definition) is 7. The van der Waals surface area contributed by atoms with Crippen LogP contribution in [0.4, 0.5) is 0 Å². The Balaban J connectivity index is 1.91. The minimum absolute atomic E-state index is 0.271. The summed E-state index contributed by atoms with van der Waals surface area (Å²) in [7, 11) is 0.